The van der Waals surface area contributed by atoms with Crippen molar-refractivity contribution in [3.05, 3.63) is 5.89 Å². The third kappa shape index (κ3) is 1.60. The van der Waals surface area contributed by atoms with E-state index in [1.54, 1.807) is 0 Å². The fourth-order valence-corrected chi connectivity index (χ4v) is 0.440. The normalized spacial score (nSPS) is 11.6. The SMILES string of the molecule is CNc1noc(C(F)(F)F)n1. The van der Waals surface area contributed by atoms with E-state index in [1.807, 2.05) is 0 Å². The Balaban J connectivity index is 2.89. The van der Waals surface area contributed by atoms with Gasteiger partial charge in [0.2, 0.25) is 0 Å². The Labute approximate surface area is 59.4 Å². The van der Waals surface area contributed by atoms with Crippen LogP contribution in [0.5, 0.6) is 0 Å². The molecule has 0 fully saturated rings. The molecule has 0 aromatic carbocycles. The van der Waals surface area contributed by atoms with Crippen molar-refractivity contribution in [3.8, 4) is 0 Å². The highest BCUT2D eigenvalue weighted by Gasteiger charge is 2.38. The maximum absolute atomic E-state index is 11.7. The van der Waals surface area contributed by atoms with Crippen molar-refractivity contribution in [1.82, 2.24) is 10.1 Å². The Kier molecular flexibility index (Phi) is 1.71. The molecule has 0 atom stereocenters. The first-order valence-electron chi connectivity index (χ1n) is 2.62. The Morgan fingerprint density at radius 1 is 1.45 bits per heavy atom. The molecule has 0 aliphatic rings. The largest absolute Gasteiger partial charge is 0.471 e. The summed E-state index contributed by atoms with van der Waals surface area (Å²) in [5.41, 5.74) is 0. The highest BCUT2D eigenvalue weighted by molar-refractivity contribution is 5.19. The number of aromatic nitrogens is 2. The molecular weight excluding hydrogens is 163 g/mol. The van der Waals surface area contributed by atoms with Crippen molar-refractivity contribution in [2.24, 2.45) is 0 Å². The number of hydrogen-bond donors (Lipinski definition) is 1. The van der Waals surface area contributed by atoms with Crippen LogP contribution >= 0.6 is 0 Å². The van der Waals surface area contributed by atoms with E-state index in [9.17, 15) is 13.2 Å². The van der Waals surface area contributed by atoms with Crippen LogP contribution < -0.4 is 5.32 Å². The maximum atomic E-state index is 11.7. The van der Waals surface area contributed by atoms with E-state index in [0.717, 1.165) is 0 Å². The zero-order chi connectivity index (χ0) is 8.48. The molecule has 0 saturated carbocycles. The Morgan fingerprint density at radius 3 is 2.36 bits per heavy atom. The average Bonchev–Trinajstić information content (AvgIpc) is 2.32. The van der Waals surface area contributed by atoms with E-state index in [-0.39, 0.29) is 5.95 Å². The molecule has 1 aromatic heterocycles. The van der Waals surface area contributed by atoms with E-state index in [4.69, 9.17) is 0 Å². The molecule has 0 aliphatic heterocycles. The molecule has 1 heterocycles. The molecule has 0 unspecified atom stereocenters. The van der Waals surface area contributed by atoms with Gasteiger partial charge in [-0.25, -0.2) is 0 Å². The highest BCUT2D eigenvalue weighted by atomic mass is 19.4. The third-order valence-electron chi connectivity index (χ3n) is 0.892. The van der Waals surface area contributed by atoms with Crippen LogP contribution in [-0.2, 0) is 6.18 Å². The summed E-state index contributed by atoms with van der Waals surface area (Å²) in [5, 5.41) is 5.29. The van der Waals surface area contributed by atoms with Crippen LogP contribution in [0.25, 0.3) is 0 Å². The zero-order valence-electron chi connectivity index (χ0n) is 5.44. The van der Waals surface area contributed by atoms with Gasteiger partial charge in [-0.15, -0.1) is 0 Å². The number of hydrogen-bond acceptors (Lipinski definition) is 4. The molecule has 0 amide bonds. The van der Waals surface area contributed by atoms with Gasteiger partial charge in [-0.3, -0.25) is 0 Å². The molecule has 62 valence electrons. The second-order valence-corrected chi connectivity index (χ2v) is 1.67. The van der Waals surface area contributed by atoms with Crippen molar-refractivity contribution in [2.75, 3.05) is 12.4 Å². The number of rotatable bonds is 1. The topological polar surface area (TPSA) is 51.0 Å². The molecule has 1 aromatic rings. The summed E-state index contributed by atoms with van der Waals surface area (Å²) < 4.78 is 39.0. The Hall–Kier alpha value is -1.27. The zero-order valence-corrected chi connectivity index (χ0v) is 5.44. The van der Waals surface area contributed by atoms with Crippen LogP contribution in [0.3, 0.4) is 0 Å². The van der Waals surface area contributed by atoms with Gasteiger partial charge in [-0.05, 0) is 5.16 Å². The first-order chi connectivity index (χ1) is 5.04. The monoisotopic (exact) mass is 167 g/mol. The minimum Gasteiger partial charge on any atom is -0.355 e. The molecule has 0 radical (unpaired) electrons. The van der Waals surface area contributed by atoms with Crippen molar-refractivity contribution < 1.29 is 17.7 Å². The van der Waals surface area contributed by atoms with Gasteiger partial charge in [0, 0.05) is 7.05 Å². The standard InChI is InChI=1S/C4H4F3N3O/c1-8-3-9-2(11-10-3)4(5,6)7/h1H3,(H,8,10). The first-order valence-corrected chi connectivity index (χ1v) is 2.62. The van der Waals surface area contributed by atoms with Crippen molar-refractivity contribution in [2.45, 2.75) is 6.18 Å². The summed E-state index contributed by atoms with van der Waals surface area (Å²) in [5.74, 6) is -1.53. The van der Waals surface area contributed by atoms with Crippen LogP contribution in [0.15, 0.2) is 4.52 Å². The number of nitrogens with one attached hydrogen (secondary N) is 1. The molecular formula is C4H4F3N3O. The molecule has 4 nitrogen and oxygen atoms in total. The summed E-state index contributed by atoms with van der Waals surface area (Å²) in [6, 6.07) is 0. The average molecular weight is 167 g/mol. The lowest BCUT2D eigenvalue weighted by molar-refractivity contribution is -0.159. The van der Waals surface area contributed by atoms with Gasteiger partial charge in [0.15, 0.2) is 0 Å². The van der Waals surface area contributed by atoms with Gasteiger partial charge in [0.05, 0.1) is 0 Å². The number of anilines is 1. The summed E-state index contributed by atoms with van der Waals surface area (Å²) in [4.78, 5) is 2.99. The lowest BCUT2D eigenvalue weighted by Crippen LogP contribution is -2.05. The van der Waals surface area contributed by atoms with E-state index < -0.39 is 12.1 Å². The fraction of sp³-hybridized carbons (Fsp3) is 0.500. The van der Waals surface area contributed by atoms with Crippen LogP contribution in [0, 0.1) is 0 Å². The summed E-state index contributed by atoms with van der Waals surface area (Å²) >= 11 is 0. The van der Waals surface area contributed by atoms with Gasteiger partial charge in [-0.2, -0.15) is 18.2 Å². The summed E-state index contributed by atoms with van der Waals surface area (Å²) in [7, 11) is 1.39. The van der Waals surface area contributed by atoms with E-state index in [0.29, 0.717) is 0 Å². The molecule has 0 saturated heterocycles. The van der Waals surface area contributed by atoms with Crippen LogP contribution in [-0.4, -0.2) is 17.2 Å². The van der Waals surface area contributed by atoms with Crippen molar-refractivity contribution >= 4 is 5.95 Å². The minimum absolute atomic E-state index is 0.183. The van der Waals surface area contributed by atoms with E-state index in [1.165, 1.54) is 7.05 Å². The highest BCUT2D eigenvalue weighted by Crippen LogP contribution is 2.27. The predicted octanol–water partition coefficient (Wildman–Crippen LogP) is 1.13. The second-order valence-electron chi connectivity index (χ2n) is 1.67. The van der Waals surface area contributed by atoms with Crippen molar-refractivity contribution in [3.63, 3.8) is 0 Å². The minimum atomic E-state index is -4.57. The van der Waals surface area contributed by atoms with E-state index in [2.05, 4.69) is 20.0 Å². The van der Waals surface area contributed by atoms with Crippen LogP contribution in [0.4, 0.5) is 19.1 Å². The molecule has 7 heteroatoms. The van der Waals surface area contributed by atoms with Crippen molar-refractivity contribution in [1.29, 1.82) is 0 Å². The first kappa shape index (κ1) is 7.83. The van der Waals surface area contributed by atoms with Crippen LogP contribution in [0.2, 0.25) is 0 Å². The van der Waals surface area contributed by atoms with Gasteiger partial charge in [0.1, 0.15) is 0 Å². The Bertz CT molecular complexity index is 243. The smallest absolute Gasteiger partial charge is 0.355 e. The molecule has 1 rings (SSSR count). The fourth-order valence-electron chi connectivity index (χ4n) is 0.440. The van der Waals surface area contributed by atoms with Gasteiger partial charge >= 0.3 is 12.1 Å². The maximum Gasteiger partial charge on any atom is 0.471 e. The molecule has 0 spiro atoms. The summed E-state index contributed by atoms with van der Waals surface area (Å²) in [6.07, 6.45) is -4.57. The third-order valence-corrected chi connectivity index (χ3v) is 0.892. The van der Waals surface area contributed by atoms with E-state index >= 15 is 0 Å². The quantitative estimate of drug-likeness (QED) is 0.681. The predicted molar refractivity (Wildman–Crippen MR) is 28.8 cm³/mol. The lowest BCUT2D eigenvalue weighted by atomic mass is 10.6. The lowest BCUT2D eigenvalue weighted by Gasteiger charge is -1.95. The second kappa shape index (κ2) is 2.40. The number of nitrogens with zero attached hydrogens (tertiary/aromatic N) is 2. The molecule has 0 bridgehead atoms. The van der Waals surface area contributed by atoms with Gasteiger partial charge in [0.25, 0.3) is 5.95 Å². The number of halogens is 3. The molecule has 1 N–H and O–H groups in total. The summed E-state index contributed by atoms with van der Waals surface area (Å²) in [6.45, 7) is 0. The van der Waals surface area contributed by atoms with Gasteiger partial charge < -0.3 is 9.84 Å². The van der Waals surface area contributed by atoms with Gasteiger partial charge in [-0.1, -0.05) is 0 Å². The van der Waals surface area contributed by atoms with Crippen LogP contribution in [0.1, 0.15) is 5.89 Å². The Morgan fingerprint density at radius 2 is 2.09 bits per heavy atom. The molecule has 11 heavy (non-hydrogen) atoms. The molecule has 0 aliphatic carbocycles. The number of alkyl halides is 3.